The lowest BCUT2D eigenvalue weighted by molar-refractivity contribution is 0.211. The predicted octanol–water partition coefficient (Wildman–Crippen LogP) is 2.04. The van der Waals surface area contributed by atoms with Gasteiger partial charge in [-0.15, -0.1) is 0 Å². The first-order valence-corrected chi connectivity index (χ1v) is 5.38. The van der Waals surface area contributed by atoms with Gasteiger partial charge in [0.2, 0.25) is 0 Å². The molecule has 17 heavy (non-hydrogen) atoms. The Kier molecular flexibility index (Phi) is 2.34. The van der Waals surface area contributed by atoms with E-state index in [1.54, 1.807) is 12.3 Å². The first kappa shape index (κ1) is 9.99. The Bertz CT molecular complexity index is 633. The number of nitrogens with one attached hydrogen (secondary N) is 1. The van der Waals surface area contributed by atoms with Crippen LogP contribution < -0.4 is 0 Å². The molecule has 2 aromatic heterocycles. The zero-order valence-corrected chi connectivity index (χ0v) is 9.04. The minimum atomic E-state index is -0.774. The van der Waals surface area contributed by atoms with Crippen LogP contribution in [0.4, 0.5) is 0 Å². The van der Waals surface area contributed by atoms with Gasteiger partial charge in [0.15, 0.2) is 0 Å². The van der Waals surface area contributed by atoms with Crippen LogP contribution in [0.15, 0.2) is 48.7 Å². The molecule has 0 saturated carbocycles. The van der Waals surface area contributed by atoms with E-state index in [1.807, 2.05) is 36.4 Å². The number of aromatic amines is 1. The molecule has 0 radical (unpaired) electrons. The molecule has 4 heteroatoms. The summed E-state index contributed by atoms with van der Waals surface area (Å²) in [4.78, 5) is 4.14. The second kappa shape index (κ2) is 3.99. The van der Waals surface area contributed by atoms with Crippen molar-refractivity contribution < 1.29 is 5.11 Å². The molecule has 1 atom stereocenters. The van der Waals surface area contributed by atoms with E-state index in [-0.39, 0.29) is 0 Å². The summed E-state index contributed by atoms with van der Waals surface area (Å²) in [5.41, 5.74) is 2.14. The van der Waals surface area contributed by atoms with Gasteiger partial charge in [-0.05, 0) is 18.2 Å². The number of hydrogen-bond acceptors (Lipinski definition) is 3. The number of hydrogen-bond donors (Lipinski definition) is 2. The predicted molar refractivity (Wildman–Crippen MR) is 64.4 cm³/mol. The van der Waals surface area contributed by atoms with Crippen molar-refractivity contribution in [2.75, 3.05) is 0 Å². The Labute approximate surface area is 97.9 Å². The lowest BCUT2D eigenvalue weighted by Gasteiger charge is -2.07. The molecule has 0 fully saturated rings. The third-order valence-corrected chi connectivity index (χ3v) is 2.73. The second-order valence-electron chi connectivity index (χ2n) is 3.81. The van der Waals surface area contributed by atoms with Crippen LogP contribution in [-0.2, 0) is 0 Å². The van der Waals surface area contributed by atoms with Crippen LogP contribution in [0.1, 0.15) is 17.5 Å². The molecule has 3 aromatic rings. The molecule has 84 valence electrons. The van der Waals surface area contributed by atoms with Crippen molar-refractivity contribution in [2.45, 2.75) is 6.10 Å². The fourth-order valence-corrected chi connectivity index (χ4v) is 1.87. The number of aliphatic hydroxyl groups excluding tert-OH is 1. The molecular formula is C13H11N3O. The van der Waals surface area contributed by atoms with Gasteiger partial charge in [-0.3, -0.25) is 10.1 Å². The topological polar surface area (TPSA) is 61.8 Å². The highest BCUT2D eigenvalue weighted by atomic mass is 16.3. The first-order valence-electron chi connectivity index (χ1n) is 5.38. The monoisotopic (exact) mass is 225 g/mol. The molecule has 0 spiro atoms. The van der Waals surface area contributed by atoms with Gasteiger partial charge in [-0.2, -0.15) is 5.10 Å². The minimum absolute atomic E-state index is 0.613. The molecule has 0 aliphatic carbocycles. The normalized spacial score (nSPS) is 12.8. The SMILES string of the molecule is OC(c1ccccn1)c1[nH]nc2ccccc12. The van der Waals surface area contributed by atoms with Crippen LogP contribution in [-0.4, -0.2) is 20.3 Å². The molecule has 2 N–H and O–H groups in total. The molecule has 0 aliphatic rings. The van der Waals surface area contributed by atoms with E-state index in [0.717, 1.165) is 10.9 Å². The third-order valence-electron chi connectivity index (χ3n) is 2.73. The number of aromatic nitrogens is 3. The molecule has 0 aliphatic heterocycles. The fraction of sp³-hybridized carbons (Fsp3) is 0.0769. The zero-order valence-electron chi connectivity index (χ0n) is 9.04. The smallest absolute Gasteiger partial charge is 0.138 e. The molecule has 1 unspecified atom stereocenters. The van der Waals surface area contributed by atoms with Crippen molar-refractivity contribution in [1.29, 1.82) is 0 Å². The van der Waals surface area contributed by atoms with E-state index < -0.39 is 6.10 Å². The number of rotatable bonds is 2. The van der Waals surface area contributed by atoms with Gasteiger partial charge in [0.25, 0.3) is 0 Å². The number of fused-ring (bicyclic) bond motifs is 1. The maximum Gasteiger partial charge on any atom is 0.138 e. The molecule has 0 bridgehead atoms. The summed E-state index contributed by atoms with van der Waals surface area (Å²) in [6.45, 7) is 0. The summed E-state index contributed by atoms with van der Waals surface area (Å²) in [6, 6.07) is 13.1. The van der Waals surface area contributed by atoms with E-state index in [4.69, 9.17) is 0 Å². The maximum atomic E-state index is 10.2. The Morgan fingerprint density at radius 2 is 1.88 bits per heavy atom. The van der Waals surface area contributed by atoms with Gasteiger partial charge in [0, 0.05) is 11.6 Å². The molecular weight excluding hydrogens is 214 g/mol. The third kappa shape index (κ3) is 1.68. The lowest BCUT2D eigenvalue weighted by Crippen LogP contribution is -2.02. The van der Waals surface area contributed by atoms with Crippen LogP contribution in [0.2, 0.25) is 0 Å². The van der Waals surface area contributed by atoms with Crippen molar-refractivity contribution in [3.05, 3.63) is 60.0 Å². The van der Waals surface area contributed by atoms with Gasteiger partial charge < -0.3 is 5.11 Å². The fourth-order valence-electron chi connectivity index (χ4n) is 1.87. The zero-order chi connectivity index (χ0) is 11.7. The van der Waals surface area contributed by atoms with Crippen molar-refractivity contribution in [3.63, 3.8) is 0 Å². The second-order valence-corrected chi connectivity index (χ2v) is 3.81. The van der Waals surface area contributed by atoms with Crippen LogP contribution in [0.3, 0.4) is 0 Å². The standard InChI is InChI=1S/C13H11N3O/c17-13(11-7-3-4-8-14-11)12-9-5-1-2-6-10(9)15-16-12/h1-8,13,17H,(H,15,16). The van der Waals surface area contributed by atoms with Crippen molar-refractivity contribution in [1.82, 2.24) is 15.2 Å². The van der Waals surface area contributed by atoms with Crippen LogP contribution in [0, 0.1) is 0 Å². The average Bonchev–Trinajstić information content (AvgIpc) is 2.83. The van der Waals surface area contributed by atoms with Gasteiger partial charge in [0.05, 0.1) is 16.9 Å². The van der Waals surface area contributed by atoms with Gasteiger partial charge >= 0.3 is 0 Å². The number of benzene rings is 1. The van der Waals surface area contributed by atoms with Gasteiger partial charge in [-0.25, -0.2) is 0 Å². The molecule has 1 aromatic carbocycles. The highest BCUT2D eigenvalue weighted by Crippen LogP contribution is 2.25. The van der Waals surface area contributed by atoms with E-state index in [0.29, 0.717) is 11.4 Å². The van der Waals surface area contributed by atoms with Crippen LogP contribution in [0.25, 0.3) is 10.9 Å². The maximum absolute atomic E-state index is 10.2. The lowest BCUT2D eigenvalue weighted by atomic mass is 10.1. The van der Waals surface area contributed by atoms with Crippen molar-refractivity contribution >= 4 is 10.9 Å². The molecule has 3 rings (SSSR count). The summed E-state index contributed by atoms with van der Waals surface area (Å²) in [5.74, 6) is 0. The Morgan fingerprint density at radius 3 is 2.71 bits per heavy atom. The van der Waals surface area contributed by atoms with Gasteiger partial charge in [0.1, 0.15) is 6.10 Å². The molecule has 4 nitrogen and oxygen atoms in total. The van der Waals surface area contributed by atoms with E-state index in [9.17, 15) is 5.11 Å². The minimum Gasteiger partial charge on any atom is -0.380 e. The summed E-state index contributed by atoms with van der Waals surface area (Å²) in [7, 11) is 0. The largest absolute Gasteiger partial charge is 0.380 e. The summed E-state index contributed by atoms with van der Waals surface area (Å²) in [6.07, 6.45) is 0.889. The Morgan fingerprint density at radius 1 is 1.06 bits per heavy atom. The highest BCUT2D eigenvalue weighted by Gasteiger charge is 2.16. The highest BCUT2D eigenvalue weighted by molar-refractivity contribution is 5.81. The summed E-state index contributed by atoms with van der Waals surface area (Å²) < 4.78 is 0. The van der Waals surface area contributed by atoms with E-state index in [2.05, 4.69) is 15.2 Å². The molecule has 0 saturated heterocycles. The quantitative estimate of drug-likeness (QED) is 0.701. The molecule has 2 heterocycles. The van der Waals surface area contributed by atoms with E-state index in [1.165, 1.54) is 0 Å². The van der Waals surface area contributed by atoms with E-state index >= 15 is 0 Å². The van der Waals surface area contributed by atoms with Crippen LogP contribution >= 0.6 is 0 Å². The number of H-pyrrole nitrogens is 1. The summed E-state index contributed by atoms with van der Waals surface area (Å²) >= 11 is 0. The first-order chi connectivity index (χ1) is 8.36. The summed E-state index contributed by atoms with van der Waals surface area (Å²) in [5, 5.41) is 18.2. The van der Waals surface area contributed by atoms with Crippen molar-refractivity contribution in [3.8, 4) is 0 Å². The number of nitrogens with zero attached hydrogens (tertiary/aromatic N) is 2. The Balaban J connectivity index is 2.10. The number of aliphatic hydroxyl groups is 1. The number of pyridine rings is 1. The van der Waals surface area contributed by atoms with Crippen molar-refractivity contribution in [2.24, 2.45) is 0 Å². The van der Waals surface area contributed by atoms with Crippen LogP contribution in [0.5, 0.6) is 0 Å². The number of para-hydroxylation sites is 1. The molecule has 0 amide bonds. The van der Waals surface area contributed by atoms with Gasteiger partial charge in [-0.1, -0.05) is 24.3 Å². The Hall–Kier alpha value is -2.20. The average molecular weight is 225 g/mol.